The highest BCUT2D eigenvalue weighted by Gasteiger charge is 2.14. The normalized spacial score (nSPS) is 10.5. The van der Waals surface area contributed by atoms with E-state index in [1.165, 1.54) is 0 Å². The van der Waals surface area contributed by atoms with Gasteiger partial charge in [-0.3, -0.25) is 0 Å². The quantitative estimate of drug-likeness (QED) is 0.797. The van der Waals surface area contributed by atoms with Crippen molar-refractivity contribution in [3.63, 3.8) is 0 Å². The van der Waals surface area contributed by atoms with Gasteiger partial charge in [0.2, 0.25) is 0 Å². The van der Waals surface area contributed by atoms with Crippen LogP contribution in [0.2, 0.25) is 0 Å². The molecule has 0 aliphatic rings. The van der Waals surface area contributed by atoms with E-state index in [-0.39, 0.29) is 0 Å². The Morgan fingerprint density at radius 2 is 1.81 bits per heavy atom. The van der Waals surface area contributed by atoms with E-state index in [1.54, 1.807) is 18.3 Å². The maximum absolute atomic E-state index is 11.3. The van der Waals surface area contributed by atoms with Crippen LogP contribution in [0.3, 0.4) is 0 Å². The Kier molecular flexibility index (Phi) is 3.28. The molecule has 0 saturated heterocycles. The second-order valence-corrected chi connectivity index (χ2v) is 4.75. The highest BCUT2D eigenvalue weighted by Crippen LogP contribution is 2.27. The molecule has 2 aromatic carbocycles. The third kappa shape index (κ3) is 2.31. The summed E-state index contributed by atoms with van der Waals surface area (Å²) in [6.07, 6.45) is 1.72. The van der Waals surface area contributed by atoms with E-state index in [0.29, 0.717) is 5.56 Å². The number of aromatic nitrogens is 2. The summed E-state index contributed by atoms with van der Waals surface area (Å²) in [5.41, 5.74) is 3.74. The van der Waals surface area contributed by atoms with E-state index < -0.39 is 5.97 Å². The number of hydrogen-bond donors (Lipinski definition) is 1. The predicted molar refractivity (Wildman–Crippen MR) is 80.7 cm³/mol. The number of benzene rings is 2. The molecule has 0 amide bonds. The molecule has 3 rings (SSSR count). The molecule has 1 heterocycles. The van der Waals surface area contributed by atoms with Gasteiger partial charge < -0.3 is 5.11 Å². The largest absolute Gasteiger partial charge is 0.478 e. The van der Waals surface area contributed by atoms with Gasteiger partial charge in [-0.1, -0.05) is 30.3 Å². The summed E-state index contributed by atoms with van der Waals surface area (Å²) in [6.45, 7) is 1.82. The van der Waals surface area contributed by atoms with Crippen molar-refractivity contribution < 1.29 is 9.90 Å². The van der Waals surface area contributed by atoms with Crippen molar-refractivity contribution in [1.29, 1.82) is 0 Å². The average molecular weight is 278 g/mol. The van der Waals surface area contributed by atoms with Crippen LogP contribution in [-0.4, -0.2) is 20.9 Å². The highest BCUT2D eigenvalue weighted by atomic mass is 16.4. The zero-order chi connectivity index (χ0) is 14.8. The molecule has 3 aromatic rings. The van der Waals surface area contributed by atoms with Crippen LogP contribution in [-0.2, 0) is 0 Å². The van der Waals surface area contributed by atoms with Crippen molar-refractivity contribution in [3.8, 4) is 16.9 Å². The molecule has 0 aliphatic heterocycles. The minimum absolute atomic E-state index is 0.313. The molecule has 104 valence electrons. The minimum atomic E-state index is -0.917. The Hall–Kier alpha value is -2.88. The van der Waals surface area contributed by atoms with E-state index in [4.69, 9.17) is 0 Å². The molecule has 0 unspecified atom stereocenters. The van der Waals surface area contributed by atoms with Crippen molar-refractivity contribution >= 4 is 5.97 Å². The molecular weight excluding hydrogens is 264 g/mol. The topological polar surface area (TPSA) is 55.1 Å². The number of rotatable bonds is 3. The van der Waals surface area contributed by atoms with Gasteiger partial charge in [-0.05, 0) is 36.8 Å². The first-order chi connectivity index (χ1) is 10.2. The lowest BCUT2D eigenvalue weighted by molar-refractivity contribution is 0.0696. The van der Waals surface area contributed by atoms with Gasteiger partial charge >= 0.3 is 5.97 Å². The predicted octanol–water partition coefficient (Wildman–Crippen LogP) is 3.55. The van der Waals surface area contributed by atoms with Crippen LogP contribution in [0.1, 0.15) is 15.9 Å². The summed E-state index contributed by atoms with van der Waals surface area (Å²) < 4.78 is 1.81. The average Bonchev–Trinajstić information content (AvgIpc) is 2.97. The molecule has 0 bridgehead atoms. The number of hydrogen-bond acceptors (Lipinski definition) is 2. The van der Waals surface area contributed by atoms with Crippen LogP contribution in [0.25, 0.3) is 16.9 Å². The summed E-state index contributed by atoms with van der Waals surface area (Å²) in [5, 5.41) is 13.6. The molecule has 0 radical (unpaired) electrons. The second kappa shape index (κ2) is 5.25. The summed E-state index contributed by atoms with van der Waals surface area (Å²) in [5.74, 6) is -0.917. The first kappa shape index (κ1) is 13.1. The van der Waals surface area contributed by atoms with Gasteiger partial charge in [0.25, 0.3) is 0 Å². The van der Waals surface area contributed by atoms with Gasteiger partial charge in [-0.25, -0.2) is 9.48 Å². The van der Waals surface area contributed by atoms with Gasteiger partial charge in [-0.2, -0.15) is 5.10 Å². The number of para-hydroxylation sites is 1. The molecule has 1 aromatic heterocycles. The monoisotopic (exact) mass is 278 g/mol. The van der Waals surface area contributed by atoms with E-state index in [9.17, 15) is 9.90 Å². The fraction of sp³-hybridized carbons (Fsp3) is 0.0588. The molecule has 1 N–H and O–H groups in total. The Morgan fingerprint density at radius 1 is 1.05 bits per heavy atom. The molecule has 21 heavy (non-hydrogen) atoms. The molecular formula is C17H14N2O2. The molecule has 0 fully saturated rings. The maximum atomic E-state index is 11.3. The fourth-order valence-electron chi connectivity index (χ4n) is 2.43. The zero-order valence-electron chi connectivity index (χ0n) is 11.5. The molecule has 4 heteroatoms. The van der Waals surface area contributed by atoms with Crippen LogP contribution in [0, 0.1) is 6.92 Å². The van der Waals surface area contributed by atoms with E-state index in [0.717, 1.165) is 22.5 Å². The number of aromatic carboxylic acids is 1. The van der Waals surface area contributed by atoms with Crippen LogP contribution in [0.5, 0.6) is 0 Å². The Bertz CT molecular complexity index is 792. The maximum Gasteiger partial charge on any atom is 0.335 e. The Morgan fingerprint density at radius 3 is 2.52 bits per heavy atom. The standard InChI is InChI=1S/C17H14N2O2/c1-12-14(8-5-9-15(12)17(20)21)16-10-11-18-19(16)13-6-3-2-4-7-13/h2-11H,1H3,(H,20,21). The summed E-state index contributed by atoms with van der Waals surface area (Å²) >= 11 is 0. The lowest BCUT2D eigenvalue weighted by Crippen LogP contribution is -2.03. The SMILES string of the molecule is Cc1c(C(=O)O)cccc1-c1ccnn1-c1ccccc1. The number of carboxylic acid groups (broad SMARTS) is 1. The fourth-order valence-corrected chi connectivity index (χ4v) is 2.43. The summed E-state index contributed by atoms with van der Waals surface area (Å²) in [4.78, 5) is 11.3. The number of carbonyl (C=O) groups is 1. The van der Waals surface area contributed by atoms with Crippen molar-refractivity contribution in [2.45, 2.75) is 6.92 Å². The van der Waals surface area contributed by atoms with Crippen LogP contribution in [0.15, 0.2) is 60.8 Å². The molecule has 0 saturated carbocycles. The third-order valence-electron chi connectivity index (χ3n) is 3.48. The van der Waals surface area contributed by atoms with Crippen molar-refractivity contribution in [3.05, 3.63) is 71.9 Å². The molecule has 4 nitrogen and oxygen atoms in total. The van der Waals surface area contributed by atoms with Crippen molar-refractivity contribution in [2.24, 2.45) is 0 Å². The van der Waals surface area contributed by atoms with Crippen molar-refractivity contribution in [2.75, 3.05) is 0 Å². The van der Waals surface area contributed by atoms with Gasteiger partial charge in [0.05, 0.1) is 23.1 Å². The summed E-state index contributed by atoms with van der Waals surface area (Å²) in [6, 6.07) is 16.9. The van der Waals surface area contributed by atoms with Gasteiger partial charge in [-0.15, -0.1) is 0 Å². The smallest absolute Gasteiger partial charge is 0.335 e. The van der Waals surface area contributed by atoms with Crippen LogP contribution in [0.4, 0.5) is 0 Å². The van der Waals surface area contributed by atoms with Crippen LogP contribution >= 0.6 is 0 Å². The lowest BCUT2D eigenvalue weighted by atomic mass is 10.00. The number of nitrogens with zero attached hydrogens (tertiary/aromatic N) is 2. The van der Waals surface area contributed by atoms with E-state index in [2.05, 4.69) is 5.10 Å². The first-order valence-corrected chi connectivity index (χ1v) is 6.61. The zero-order valence-corrected chi connectivity index (χ0v) is 11.5. The summed E-state index contributed by atoms with van der Waals surface area (Å²) in [7, 11) is 0. The van der Waals surface area contributed by atoms with E-state index in [1.807, 2.05) is 54.1 Å². The Labute approximate surface area is 122 Å². The van der Waals surface area contributed by atoms with E-state index >= 15 is 0 Å². The van der Waals surface area contributed by atoms with Gasteiger partial charge in [0.15, 0.2) is 0 Å². The Balaban J connectivity index is 2.18. The van der Waals surface area contributed by atoms with Gasteiger partial charge in [0.1, 0.15) is 0 Å². The van der Waals surface area contributed by atoms with Crippen LogP contribution < -0.4 is 0 Å². The minimum Gasteiger partial charge on any atom is -0.478 e. The molecule has 0 aliphatic carbocycles. The number of carboxylic acids is 1. The second-order valence-electron chi connectivity index (χ2n) is 4.75. The molecule has 0 atom stereocenters. The van der Waals surface area contributed by atoms with Crippen molar-refractivity contribution in [1.82, 2.24) is 9.78 Å². The highest BCUT2D eigenvalue weighted by molar-refractivity contribution is 5.91. The van der Waals surface area contributed by atoms with Gasteiger partial charge in [0, 0.05) is 5.56 Å². The molecule has 0 spiro atoms. The first-order valence-electron chi connectivity index (χ1n) is 6.61. The lowest BCUT2D eigenvalue weighted by Gasteiger charge is -2.11. The third-order valence-corrected chi connectivity index (χ3v) is 3.48.